The van der Waals surface area contributed by atoms with E-state index in [1.165, 1.54) is 18.6 Å². The summed E-state index contributed by atoms with van der Waals surface area (Å²) in [6, 6.07) is 6.95. The van der Waals surface area contributed by atoms with Gasteiger partial charge in [0.05, 0.1) is 18.4 Å². The largest absolute Gasteiger partial charge is 0.491 e. The third-order valence-corrected chi connectivity index (χ3v) is 4.03. The van der Waals surface area contributed by atoms with Gasteiger partial charge in [0.2, 0.25) is 0 Å². The Balaban J connectivity index is 1.56. The Hall–Kier alpha value is -2.14. The van der Waals surface area contributed by atoms with Crippen LogP contribution in [0.2, 0.25) is 0 Å². The van der Waals surface area contributed by atoms with Gasteiger partial charge in [0.1, 0.15) is 12.4 Å². The zero-order valence-corrected chi connectivity index (χ0v) is 12.5. The van der Waals surface area contributed by atoms with Gasteiger partial charge in [-0.15, -0.1) is 0 Å². The summed E-state index contributed by atoms with van der Waals surface area (Å²) in [4.78, 5) is 24.3. The van der Waals surface area contributed by atoms with Crippen LogP contribution in [0.4, 0.5) is 5.69 Å². The first kappa shape index (κ1) is 14.8. The van der Waals surface area contributed by atoms with Crippen LogP contribution < -0.4 is 9.64 Å². The van der Waals surface area contributed by atoms with E-state index in [4.69, 9.17) is 9.47 Å². The van der Waals surface area contributed by atoms with E-state index >= 15 is 0 Å². The number of benzene rings is 1. The molecule has 2 atom stereocenters. The van der Waals surface area contributed by atoms with Crippen LogP contribution in [0.15, 0.2) is 36.4 Å². The Labute approximate surface area is 129 Å². The number of carbonyl (C=O) groups is 2. The van der Waals surface area contributed by atoms with Crippen LogP contribution in [-0.2, 0) is 14.3 Å². The second-order valence-electron chi connectivity index (χ2n) is 5.57. The molecule has 1 fully saturated rings. The van der Waals surface area contributed by atoms with Gasteiger partial charge >= 0.3 is 0 Å². The highest BCUT2D eigenvalue weighted by Gasteiger charge is 2.31. The van der Waals surface area contributed by atoms with Gasteiger partial charge in [-0.05, 0) is 30.7 Å². The summed E-state index contributed by atoms with van der Waals surface area (Å²) < 4.78 is 11.2. The quantitative estimate of drug-likeness (QED) is 0.757. The molecule has 0 aliphatic carbocycles. The number of amides is 2. The lowest BCUT2D eigenvalue weighted by Crippen LogP contribution is -2.43. The van der Waals surface area contributed by atoms with Crippen molar-refractivity contribution in [2.75, 3.05) is 18.1 Å². The first-order chi connectivity index (χ1) is 10.7. The van der Waals surface area contributed by atoms with E-state index in [1.54, 1.807) is 24.3 Å². The second-order valence-corrected chi connectivity index (χ2v) is 5.57. The van der Waals surface area contributed by atoms with Crippen molar-refractivity contribution < 1.29 is 19.1 Å². The van der Waals surface area contributed by atoms with Crippen molar-refractivity contribution in [1.29, 1.82) is 0 Å². The predicted octanol–water partition coefficient (Wildman–Crippen LogP) is 2.31. The molecule has 0 saturated carbocycles. The summed E-state index contributed by atoms with van der Waals surface area (Å²) in [5.41, 5.74) is 0.552. The minimum atomic E-state index is -0.316. The summed E-state index contributed by atoms with van der Waals surface area (Å²) in [7, 11) is 0. The number of nitrogens with zero attached hydrogens (tertiary/aromatic N) is 1. The van der Waals surface area contributed by atoms with E-state index in [-0.39, 0.29) is 17.9 Å². The summed E-state index contributed by atoms with van der Waals surface area (Å²) in [6.45, 7) is 3.53. The minimum absolute atomic E-state index is 0.172. The second kappa shape index (κ2) is 6.32. The Morgan fingerprint density at radius 2 is 1.86 bits per heavy atom. The number of anilines is 1. The van der Waals surface area contributed by atoms with Crippen molar-refractivity contribution in [3.05, 3.63) is 36.4 Å². The maximum atomic E-state index is 11.6. The number of carbonyl (C=O) groups excluding carboxylic acids is 2. The number of hydrogen-bond donors (Lipinski definition) is 0. The van der Waals surface area contributed by atoms with E-state index in [0.717, 1.165) is 17.9 Å². The Morgan fingerprint density at radius 1 is 1.18 bits per heavy atom. The highest BCUT2D eigenvalue weighted by Crippen LogP contribution is 2.27. The molecular weight excluding hydrogens is 282 g/mol. The fourth-order valence-electron chi connectivity index (χ4n) is 2.72. The molecule has 0 N–H and O–H groups in total. The molecule has 3 rings (SSSR count). The van der Waals surface area contributed by atoms with Crippen LogP contribution in [0.3, 0.4) is 0 Å². The van der Waals surface area contributed by atoms with Crippen LogP contribution in [-0.4, -0.2) is 31.1 Å². The Bertz CT molecular complexity index is 575. The maximum absolute atomic E-state index is 11.6. The first-order valence-corrected chi connectivity index (χ1v) is 7.59. The molecule has 0 bridgehead atoms. The topological polar surface area (TPSA) is 55.8 Å². The lowest BCUT2D eigenvalue weighted by Gasteiger charge is -2.36. The fourth-order valence-corrected chi connectivity index (χ4v) is 2.72. The third-order valence-electron chi connectivity index (χ3n) is 4.03. The van der Waals surface area contributed by atoms with E-state index in [0.29, 0.717) is 24.0 Å². The normalized spacial score (nSPS) is 23.8. The van der Waals surface area contributed by atoms with Gasteiger partial charge in [0.25, 0.3) is 11.8 Å². The molecule has 2 aliphatic rings. The lowest BCUT2D eigenvalue weighted by atomic mass is 9.94. The molecule has 22 heavy (non-hydrogen) atoms. The van der Waals surface area contributed by atoms with Gasteiger partial charge in [-0.25, -0.2) is 4.90 Å². The van der Waals surface area contributed by atoms with Crippen molar-refractivity contribution in [2.24, 2.45) is 5.92 Å². The molecule has 1 saturated heterocycles. The molecule has 0 aromatic heterocycles. The van der Waals surface area contributed by atoms with Gasteiger partial charge in [0, 0.05) is 18.1 Å². The predicted molar refractivity (Wildman–Crippen MR) is 81.7 cm³/mol. The molecule has 5 nitrogen and oxygen atoms in total. The van der Waals surface area contributed by atoms with E-state index < -0.39 is 0 Å². The molecule has 1 aromatic carbocycles. The summed E-state index contributed by atoms with van der Waals surface area (Å²) in [6.07, 6.45) is 5.04. The Morgan fingerprint density at radius 3 is 2.41 bits per heavy atom. The average molecular weight is 301 g/mol. The van der Waals surface area contributed by atoms with Crippen LogP contribution in [0, 0.1) is 5.92 Å². The number of ether oxygens (including phenoxy) is 2. The van der Waals surface area contributed by atoms with E-state index in [1.807, 2.05) is 0 Å². The summed E-state index contributed by atoms with van der Waals surface area (Å²) in [5, 5.41) is 0. The van der Waals surface area contributed by atoms with E-state index in [2.05, 4.69) is 6.92 Å². The average Bonchev–Trinajstić information content (AvgIpc) is 2.84. The highest BCUT2D eigenvalue weighted by molar-refractivity contribution is 6.28. The highest BCUT2D eigenvalue weighted by atomic mass is 16.5. The molecule has 1 aromatic rings. The monoisotopic (exact) mass is 301 g/mol. The van der Waals surface area contributed by atoms with Gasteiger partial charge in [-0.3, -0.25) is 9.59 Å². The molecule has 2 unspecified atom stereocenters. The van der Waals surface area contributed by atoms with Gasteiger partial charge < -0.3 is 9.47 Å². The molecule has 2 amide bonds. The fraction of sp³-hybridized carbons (Fsp3) is 0.412. The van der Waals surface area contributed by atoms with Crippen LogP contribution in [0.25, 0.3) is 0 Å². The molecule has 0 radical (unpaired) electrons. The van der Waals surface area contributed by atoms with E-state index in [9.17, 15) is 9.59 Å². The molecule has 5 heteroatoms. The lowest BCUT2D eigenvalue weighted by molar-refractivity contribution is -0.133. The van der Waals surface area contributed by atoms with Crippen molar-refractivity contribution >= 4 is 17.5 Å². The molecule has 2 heterocycles. The van der Waals surface area contributed by atoms with Gasteiger partial charge in [-0.1, -0.05) is 13.3 Å². The van der Waals surface area contributed by atoms with Gasteiger partial charge in [-0.2, -0.15) is 0 Å². The third kappa shape index (κ3) is 2.90. The van der Waals surface area contributed by atoms with Crippen molar-refractivity contribution in [3.63, 3.8) is 0 Å². The zero-order chi connectivity index (χ0) is 15.5. The first-order valence-electron chi connectivity index (χ1n) is 7.59. The van der Waals surface area contributed by atoms with Crippen LogP contribution >= 0.6 is 0 Å². The molecule has 2 aliphatic heterocycles. The molecule has 0 spiro atoms. The van der Waals surface area contributed by atoms with Gasteiger partial charge in [0.15, 0.2) is 0 Å². The van der Waals surface area contributed by atoms with Crippen molar-refractivity contribution in [2.45, 2.75) is 25.9 Å². The molecular formula is C17H19NO4. The smallest absolute Gasteiger partial charge is 0.258 e. The maximum Gasteiger partial charge on any atom is 0.258 e. The minimum Gasteiger partial charge on any atom is -0.491 e. The number of rotatable bonds is 6. The zero-order valence-electron chi connectivity index (χ0n) is 12.5. The van der Waals surface area contributed by atoms with Crippen molar-refractivity contribution in [1.82, 2.24) is 0 Å². The standard InChI is InChI=1S/C17H19NO4/c1-2-3-12-10-22-15(12)11-21-14-6-4-13(5-7-14)18-16(19)8-9-17(18)20/h4-9,12,15H,2-3,10-11H2,1H3. The Kier molecular flexibility index (Phi) is 4.24. The molecule has 116 valence electrons. The van der Waals surface area contributed by atoms with Crippen molar-refractivity contribution in [3.8, 4) is 5.75 Å². The SMILES string of the molecule is CCCC1COC1COc1ccc(N2C(=O)C=CC2=O)cc1. The van der Waals surface area contributed by atoms with Crippen LogP contribution in [0.1, 0.15) is 19.8 Å². The number of imide groups is 1. The number of hydrogen-bond acceptors (Lipinski definition) is 4. The summed E-state index contributed by atoms with van der Waals surface area (Å²) in [5.74, 6) is 0.671. The summed E-state index contributed by atoms with van der Waals surface area (Å²) >= 11 is 0. The van der Waals surface area contributed by atoms with Crippen LogP contribution in [0.5, 0.6) is 5.75 Å².